The van der Waals surface area contributed by atoms with Crippen LogP contribution in [0.2, 0.25) is 0 Å². The van der Waals surface area contributed by atoms with Gasteiger partial charge in [0.05, 0.1) is 4.92 Å². The van der Waals surface area contributed by atoms with Crippen LogP contribution in [0, 0.1) is 17.0 Å². The van der Waals surface area contributed by atoms with E-state index in [1.807, 2.05) is 18.2 Å². The molecule has 0 unspecified atom stereocenters. The molecule has 0 aromatic heterocycles. The second kappa shape index (κ2) is 6.19. The highest BCUT2D eigenvalue weighted by Gasteiger charge is 2.10. The number of benzene rings is 2. The van der Waals surface area contributed by atoms with Crippen molar-refractivity contribution in [1.82, 2.24) is 0 Å². The fourth-order valence-corrected chi connectivity index (χ4v) is 2.19. The van der Waals surface area contributed by atoms with Crippen molar-refractivity contribution in [1.29, 1.82) is 0 Å². The molecule has 2 rings (SSSR count). The van der Waals surface area contributed by atoms with Crippen LogP contribution in [0.15, 0.2) is 42.5 Å². The van der Waals surface area contributed by atoms with Gasteiger partial charge in [-0.3, -0.25) is 10.1 Å². The Morgan fingerprint density at radius 2 is 1.85 bits per heavy atom. The first-order valence-corrected chi connectivity index (χ1v) is 6.67. The smallest absolute Gasteiger partial charge is 0.274 e. The Bertz CT molecular complexity index is 624. The summed E-state index contributed by atoms with van der Waals surface area (Å²) in [5.41, 5.74) is 4.11. The minimum Gasteiger partial charge on any atom is -0.381 e. The normalized spacial score (nSPS) is 10.3. The van der Waals surface area contributed by atoms with Crippen LogP contribution in [0.3, 0.4) is 0 Å². The monoisotopic (exact) mass is 270 g/mol. The molecule has 0 radical (unpaired) electrons. The average Bonchev–Trinajstić information content (AvgIpc) is 2.46. The van der Waals surface area contributed by atoms with Crippen molar-refractivity contribution in [3.05, 3.63) is 69.3 Å². The first kappa shape index (κ1) is 14.1. The van der Waals surface area contributed by atoms with E-state index >= 15 is 0 Å². The summed E-state index contributed by atoms with van der Waals surface area (Å²) in [5.74, 6) is 0. The Morgan fingerprint density at radius 3 is 2.50 bits per heavy atom. The number of aryl methyl sites for hydroxylation is 2. The molecule has 0 heterocycles. The van der Waals surface area contributed by atoms with Crippen LogP contribution in [-0.4, -0.2) is 4.92 Å². The molecule has 2 aromatic carbocycles. The maximum Gasteiger partial charge on any atom is 0.274 e. The second-order valence-electron chi connectivity index (χ2n) is 4.73. The maximum absolute atomic E-state index is 10.9. The predicted octanol–water partition coefficient (Wildman–Crippen LogP) is 4.08. The SMILES string of the molecule is CCc1ccccc1CNc1ccc(C)c([N+](=O)[O-])c1. The molecule has 0 saturated heterocycles. The molecule has 0 aliphatic heterocycles. The zero-order valence-corrected chi connectivity index (χ0v) is 11.7. The lowest BCUT2D eigenvalue weighted by molar-refractivity contribution is -0.385. The second-order valence-corrected chi connectivity index (χ2v) is 4.73. The number of anilines is 1. The van der Waals surface area contributed by atoms with Gasteiger partial charge in [0.15, 0.2) is 0 Å². The molecule has 20 heavy (non-hydrogen) atoms. The summed E-state index contributed by atoms with van der Waals surface area (Å²) in [6.07, 6.45) is 0.978. The highest BCUT2D eigenvalue weighted by Crippen LogP contribution is 2.23. The lowest BCUT2D eigenvalue weighted by Crippen LogP contribution is -2.03. The van der Waals surface area contributed by atoms with Gasteiger partial charge in [0, 0.05) is 23.9 Å². The topological polar surface area (TPSA) is 55.2 Å². The molecule has 4 heteroatoms. The molecule has 0 aliphatic rings. The van der Waals surface area contributed by atoms with E-state index < -0.39 is 0 Å². The number of rotatable bonds is 5. The highest BCUT2D eigenvalue weighted by molar-refractivity contribution is 5.55. The van der Waals surface area contributed by atoms with Crippen molar-refractivity contribution < 1.29 is 4.92 Å². The third-order valence-corrected chi connectivity index (χ3v) is 3.39. The molecule has 4 nitrogen and oxygen atoms in total. The Balaban J connectivity index is 2.15. The lowest BCUT2D eigenvalue weighted by atomic mass is 10.1. The van der Waals surface area contributed by atoms with Gasteiger partial charge in [-0.25, -0.2) is 0 Å². The molecule has 0 aliphatic carbocycles. The molecule has 0 atom stereocenters. The van der Waals surface area contributed by atoms with E-state index in [-0.39, 0.29) is 10.6 Å². The fourth-order valence-electron chi connectivity index (χ4n) is 2.19. The van der Waals surface area contributed by atoms with Gasteiger partial charge < -0.3 is 5.32 Å². The standard InChI is InChI=1S/C16H18N2O2/c1-3-13-6-4-5-7-14(13)11-17-15-9-8-12(2)16(10-15)18(19)20/h4-10,17H,3,11H2,1-2H3. The molecule has 0 saturated carbocycles. The van der Waals surface area contributed by atoms with Gasteiger partial charge in [0.1, 0.15) is 0 Å². The van der Waals surface area contributed by atoms with Crippen molar-refractivity contribution in [3.8, 4) is 0 Å². The first-order chi connectivity index (χ1) is 9.61. The van der Waals surface area contributed by atoms with Gasteiger partial charge in [-0.1, -0.05) is 37.3 Å². The summed E-state index contributed by atoms with van der Waals surface area (Å²) in [4.78, 5) is 10.6. The Hall–Kier alpha value is -2.36. The average molecular weight is 270 g/mol. The molecule has 2 aromatic rings. The van der Waals surface area contributed by atoms with Crippen molar-refractivity contribution in [2.75, 3.05) is 5.32 Å². The minimum atomic E-state index is -0.347. The van der Waals surface area contributed by atoms with Crippen LogP contribution in [0.4, 0.5) is 11.4 Å². The molecular weight excluding hydrogens is 252 g/mol. The van der Waals surface area contributed by atoms with Crippen LogP contribution in [-0.2, 0) is 13.0 Å². The predicted molar refractivity (Wildman–Crippen MR) is 81.0 cm³/mol. The van der Waals surface area contributed by atoms with Gasteiger partial charge in [0.2, 0.25) is 0 Å². The largest absolute Gasteiger partial charge is 0.381 e. The number of nitro groups is 1. The molecule has 0 fully saturated rings. The van der Waals surface area contributed by atoms with E-state index in [1.54, 1.807) is 19.1 Å². The van der Waals surface area contributed by atoms with Crippen molar-refractivity contribution in [2.24, 2.45) is 0 Å². The van der Waals surface area contributed by atoms with Crippen molar-refractivity contribution in [2.45, 2.75) is 26.8 Å². The molecule has 0 bridgehead atoms. The van der Waals surface area contributed by atoms with E-state index in [0.29, 0.717) is 12.1 Å². The fraction of sp³-hybridized carbons (Fsp3) is 0.250. The number of hydrogen-bond acceptors (Lipinski definition) is 3. The zero-order valence-electron chi connectivity index (χ0n) is 11.7. The van der Waals surface area contributed by atoms with Gasteiger partial charge >= 0.3 is 0 Å². The van der Waals surface area contributed by atoms with E-state index in [0.717, 1.165) is 12.1 Å². The highest BCUT2D eigenvalue weighted by atomic mass is 16.6. The summed E-state index contributed by atoms with van der Waals surface area (Å²) < 4.78 is 0. The molecule has 1 N–H and O–H groups in total. The minimum absolute atomic E-state index is 0.152. The molecule has 0 spiro atoms. The Kier molecular flexibility index (Phi) is 4.35. The summed E-state index contributed by atoms with van der Waals surface area (Å²) in [5, 5.41) is 14.2. The summed E-state index contributed by atoms with van der Waals surface area (Å²) in [6, 6.07) is 13.4. The lowest BCUT2D eigenvalue weighted by Gasteiger charge is -2.10. The third kappa shape index (κ3) is 3.15. The molecule has 104 valence electrons. The molecule has 0 amide bonds. The van der Waals surface area contributed by atoms with E-state index in [2.05, 4.69) is 24.4 Å². The summed E-state index contributed by atoms with van der Waals surface area (Å²) in [7, 11) is 0. The maximum atomic E-state index is 10.9. The van der Waals surface area contributed by atoms with E-state index in [9.17, 15) is 10.1 Å². The summed E-state index contributed by atoms with van der Waals surface area (Å²) in [6.45, 7) is 4.54. The summed E-state index contributed by atoms with van der Waals surface area (Å²) >= 11 is 0. The van der Waals surface area contributed by atoms with Gasteiger partial charge in [-0.05, 0) is 30.5 Å². The zero-order chi connectivity index (χ0) is 14.5. The van der Waals surface area contributed by atoms with Gasteiger partial charge in [-0.2, -0.15) is 0 Å². The van der Waals surface area contributed by atoms with Crippen molar-refractivity contribution in [3.63, 3.8) is 0 Å². The van der Waals surface area contributed by atoms with Crippen LogP contribution < -0.4 is 5.32 Å². The van der Waals surface area contributed by atoms with E-state index in [1.165, 1.54) is 11.1 Å². The Labute approximate surface area is 118 Å². The third-order valence-electron chi connectivity index (χ3n) is 3.39. The Morgan fingerprint density at radius 1 is 1.15 bits per heavy atom. The molecular formula is C16H18N2O2. The van der Waals surface area contributed by atoms with Gasteiger partial charge in [0.25, 0.3) is 5.69 Å². The number of hydrogen-bond donors (Lipinski definition) is 1. The van der Waals surface area contributed by atoms with E-state index in [4.69, 9.17) is 0 Å². The van der Waals surface area contributed by atoms with Gasteiger partial charge in [-0.15, -0.1) is 0 Å². The quantitative estimate of drug-likeness (QED) is 0.658. The van der Waals surface area contributed by atoms with Crippen LogP contribution in [0.1, 0.15) is 23.6 Å². The van der Waals surface area contributed by atoms with Crippen molar-refractivity contribution >= 4 is 11.4 Å². The number of nitrogens with one attached hydrogen (secondary N) is 1. The van der Waals surface area contributed by atoms with Crippen LogP contribution in [0.25, 0.3) is 0 Å². The van der Waals surface area contributed by atoms with Crippen LogP contribution >= 0.6 is 0 Å². The number of nitro benzene ring substituents is 1. The van der Waals surface area contributed by atoms with Crippen LogP contribution in [0.5, 0.6) is 0 Å². The number of nitrogens with zero attached hydrogens (tertiary/aromatic N) is 1. The first-order valence-electron chi connectivity index (χ1n) is 6.67.